The van der Waals surface area contributed by atoms with Crippen LogP contribution in [0.4, 0.5) is 5.69 Å². The molecule has 4 aromatic rings. The van der Waals surface area contributed by atoms with Crippen LogP contribution < -0.4 is 10.9 Å². The molecular weight excluding hydrogens is 508 g/mol. The number of aromatic nitrogens is 3. The van der Waals surface area contributed by atoms with Gasteiger partial charge in [-0.3, -0.25) is 14.2 Å². The van der Waals surface area contributed by atoms with E-state index in [0.717, 1.165) is 29.5 Å². The van der Waals surface area contributed by atoms with E-state index in [1.54, 1.807) is 18.2 Å². The zero-order valence-electron chi connectivity index (χ0n) is 18.5. The molecule has 5 rings (SSSR count). The van der Waals surface area contributed by atoms with Gasteiger partial charge in [-0.2, -0.15) is 0 Å². The van der Waals surface area contributed by atoms with E-state index >= 15 is 0 Å². The molecule has 1 aromatic carbocycles. The molecule has 0 aliphatic heterocycles. The van der Waals surface area contributed by atoms with Crippen molar-refractivity contribution in [2.75, 3.05) is 17.6 Å². The van der Waals surface area contributed by atoms with Gasteiger partial charge in [0.25, 0.3) is 5.56 Å². The van der Waals surface area contributed by atoms with Gasteiger partial charge in [-0.1, -0.05) is 17.7 Å². The molecule has 3 aromatic heterocycles. The number of sulfone groups is 1. The predicted octanol–water partition coefficient (Wildman–Crippen LogP) is 3.90. The highest BCUT2D eigenvalue weighted by Gasteiger charge is 2.22. The number of nitrogens with one attached hydrogen (secondary N) is 1. The number of rotatable bonds is 9. The number of halogens is 1. The first kappa shape index (κ1) is 23.7. The maximum atomic E-state index is 13.0. The van der Waals surface area contributed by atoms with E-state index in [4.69, 9.17) is 11.6 Å². The van der Waals surface area contributed by atoms with Crippen molar-refractivity contribution >= 4 is 55.1 Å². The second kappa shape index (κ2) is 9.52. The molecule has 1 fully saturated rings. The number of pyridine rings is 1. The summed E-state index contributed by atoms with van der Waals surface area (Å²) in [6, 6.07) is 11.6. The van der Waals surface area contributed by atoms with Gasteiger partial charge in [0.2, 0.25) is 0 Å². The quantitative estimate of drug-likeness (QED) is 0.350. The Bertz CT molecular complexity index is 1580. The Hall–Kier alpha value is -3.08. The van der Waals surface area contributed by atoms with Crippen LogP contribution in [0.2, 0.25) is 4.34 Å². The Morgan fingerprint density at radius 1 is 1.14 bits per heavy atom. The molecule has 0 unspecified atom stereocenters. The molecule has 1 aliphatic carbocycles. The molecule has 0 bridgehead atoms. The van der Waals surface area contributed by atoms with Crippen LogP contribution >= 0.6 is 22.9 Å². The number of hydrogen-bond acceptors (Lipinski definition) is 8. The SMILES string of the molecule is O=C(Cc1ccc(-n2cnc3cc(NCC4CC4)ccc3c2=O)nc1)CS(=O)(=O)c1ccc(Cl)s1. The molecule has 0 radical (unpaired) electrons. The van der Waals surface area contributed by atoms with E-state index in [1.165, 1.54) is 42.1 Å². The van der Waals surface area contributed by atoms with Crippen LogP contribution in [0.5, 0.6) is 0 Å². The van der Waals surface area contributed by atoms with Gasteiger partial charge in [-0.05, 0) is 60.7 Å². The monoisotopic (exact) mass is 528 g/mol. The van der Waals surface area contributed by atoms with E-state index in [9.17, 15) is 18.0 Å². The van der Waals surface area contributed by atoms with Crippen molar-refractivity contribution < 1.29 is 13.2 Å². The number of thiophene rings is 1. The molecule has 180 valence electrons. The number of carbonyl (C=O) groups is 1. The summed E-state index contributed by atoms with van der Waals surface area (Å²) in [6.07, 6.45) is 5.32. The standard InChI is InChI=1S/C24H21ClN4O4S2/c25-21-6-8-23(34-21)35(32,33)13-18(30)9-16-3-7-22(27-12-16)29-14-28-20-10-17(26-11-15-1-2-15)4-5-19(20)24(29)31/h3-8,10,12,14-15,26H,1-2,9,11,13H2. The van der Waals surface area contributed by atoms with Gasteiger partial charge in [-0.15, -0.1) is 11.3 Å². The summed E-state index contributed by atoms with van der Waals surface area (Å²) >= 11 is 6.72. The van der Waals surface area contributed by atoms with Gasteiger partial charge < -0.3 is 5.32 Å². The summed E-state index contributed by atoms with van der Waals surface area (Å²) in [4.78, 5) is 34.1. The predicted molar refractivity (Wildman–Crippen MR) is 136 cm³/mol. The van der Waals surface area contributed by atoms with Crippen LogP contribution in [0.25, 0.3) is 16.7 Å². The average molecular weight is 529 g/mol. The van der Waals surface area contributed by atoms with Crippen molar-refractivity contribution in [2.45, 2.75) is 23.5 Å². The average Bonchev–Trinajstić information content (AvgIpc) is 3.55. The van der Waals surface area contributed by atoms with Crippen molar-refractivity contribution in [3.8, 4) is 5.82 Å². The van der Waals surface area contributed by atoms with Crippen LogP contribution in [0.1, 0.15) is 18.4 Å². The lowest BCUT2D eigenvalue weighted by atomic mass is 10.1. The second-order valence-corrected chi connectivity index (χ2v) is 12.5. The van der Waals surface area contributed by atoms with Gasteiger partial charge in [0.1, 0.15) is 22.1 Å². The van der Waals surface area contributed by atoms with Crippen molar-refractivity contribution in [2.24, 2.45) is 5.92 Å². The number of fused-ring (bicyclic) bond motifs is 1. The van der Waals surface area contributed by atoms with E-state index in [-0.39, 0.29) is 16.2 Å². The Morgan fingerprint density at radius 3 is 2.66 bits per heavy atom. The zero-order chi connectivity index (χ0) is 24.6. The van der Waals surface area contributed by atoms with Crippen molar-refractivity contribution in [3.05, 3.63) is 75.2 Å². The molecule has 0 spiro atoms. The molecule has 1 saturated carbocycles. The van der Waals surface area contributed by atoms with Crippen molar-refractivity contribution in [1.82, 2.24) is 14.5 Å². The molecule has 0 saturated heterocycles. The summed E-state index contributed by atoms with van der Waals surface area (Å²) in [5.74, 6) is 0.0227. The normalized spacial score (nSPS) is 13.7. The lowest BCUT2D eigenvalue weighted by Gasteiger charge is -2.09. The largest absolute Gasteiger partial charge is 0.385 e. The van der Waals surface area contributed by atoms with Crippen LogP contribution in [-0.4, -0.2) is 41.0 Å². The minimum atomic E-state index is -3.74. The molecule has 1 N–H and O–H groups in total. The van der Waals surface area contributed by atoms with Gasteiger partial charge in [0.05, 0.1) is 15.2 Å². The molecule has 11 heteroatoms. The first-order chi connectivity index (χ1) is 16.8. The first-order valence-electron chi connectivity index (χ1n) is 11.0. The third-order valence-electron chi connectivity index (χ3n) is 5.71. The van der Waals surface area contributed by atoms with E-state index in [0.29, 0.717) is 26.6 Å². The molecule has 8 nitrogen and oxygen atoms in total. The summed E-state index contributed by atoms with van der Waals surface area (Å²) in [7, 11) is -3.74. The number of nitrogens with zero attached hydrogens (tertiary/aromatic N) is 3. The summed E-state index contributed by atoms with van der Waals surface area (Å²) in [6.45, 7) is 0.926. The number of carbonyl (C=O) groups excluding carboxylic acids is 1. The van der Waals surface area contributed by atoms with Crippen LogP contribution in [0.3, 0.4) is 0 Å². The number of hydrogen-bond donors (Lipinski definition) is 1. The Labute approximate surface area is 210 Å². The fourth-order valence-corrected chi connectivity index (χ4v) is 6.48. The van der Waals surface area contributed by atoms with Gasteiger partial charge >= 0.3 is 0 Å². The molecular formula is C24H21ClN4O4S2. The molecule has 3 heterocycles. The molecule has 1 aliphatic rings. The van der Waals surface area contributed by atoms with Gasteiger partial charge in [0, 0.05) is 24.8 Å². The fraction of sp³-hybridized carbons (Fsp3) is 0.250. The lowest BCUT2D eigenvalue weighted by molar-refractivity contribution is -0.116. The van der Waals surface area contributed by atoms with E-state index < -0.39 is 21.4 Å². The summed E-state index contributed by atoms with van der Waals surface area (Å²) < 4.78 is 26.5. The number of ketones is 1. The molecule has 0 atom stereocenters. The minimum Gasteiger partial charge on any atom is -0.385 e. The molecule has 35 heavy (non-hydrogen) atoms. The highest BCUT2D eigenvalue weighted by Crippen LogP contribution is 2.29. The molecule has 0 amide bonds. The van der Waals surface area contributed by atoms with Crippen molar-refractivity contribution in [3.63, 3.8) is 0 Å². The first-order valence-corrected chi connectivity index (χ1v) is 13.8. The van der Waals surface area contributed by atoms with Gasteiger partial charge in [-0.25, -0.2) is 18.4 Å². The van der Waals surface area contributed by atoms with Crippen LogP contribution in [-0.2, 0) is 21.1 Å². The Balaban J connectivity index is 1.29. The topological polar surface area (TPSA) is 111 Å². The number of anilines is 1. The summed E-state index contributed by atoms with van der Waals surface area (Å²) in [5, 5.41) is 3.86. The van der Waals surface area contributed by atoms with Gasteiger partial charge in [0.15, 0.2) is 15.6 Å². The minimum absolute atomic E-state index is 0.0679. The van der Waals surface area contributed by atoms with Crippen LogP contribution in [0, 0.1) is 5.92 Å². The fourth-order valence-electron chi connectivity index (χ4n) is 3.67. The lowest BCUT2D eigenvalue weighted by Crippen LogP contribution is -2.20. The Morgan fingerprint density at radius 2 is 1.97 bits per heavy atom. The number of Topliss-reactive ketones (excluding diaryl/α,β-unsaturated/α-hetero) is 1. The number of benzene rings is 1. The maximum Gasteiger partial charge on any atom is 0.266 e. The third kappa shape index (κ3) is 5.44. The Kier molecular flexibility index (Phi) is 6.43. The third-order valence-corrected chi connectivity index (χ3v) is 9.20. The maximum absolute atomic E-state index is 13.0. The van der Waals surface area contributed by atoms with E-state index in [2.05, 4.69) is 15.3 Å². The van der Waals surface area contributed by atoms with Crippen LogP contribution in [0.15, 0.2) is 64.0 Å². The smallest absolute Gasteiger partial charge is 0.266 e. The second-order valence-electron chi connectivity index (χ2n) is 8.53. The van der Waals surface area contributed by atoms with E-state index in [1.807, 2.05) is 12.1 Å². The summed E-state index contributed by atoms with van der Waals surface area (Å²) in [5.41, 5.74) is 1.83. The highest BCUT2D eigenvalue weighted by atomic mass is 35.5. The zero-order valence-corrected chi connectivity index (χ0v) is 20.9. The van der Waals surface area contributed by atoms with Crippen molar-refractivity contribution in [1.29, 1.82) is 0 Å². The highest BCUT2D eigenvalue weighted by molar-refractivity contribution is 7.94.